The van der Waals surface area contributed by atoms with Crippen molar-refractivity contribution in [2.75, 3.05) is 5.32 Å². The molecule has 88 valence electrons. The molecule has 2 aromatic rings. The Kier molecular flexibility index (Phi) is 3.64. The Hall–Kier alpha value is -1.13. The second kappa shape index (κ2) is 5.02. The molecule has 0 radical (unpaired) electrons. The summed E-state index contributed by atoms with van der Waals surface area (Å²) >= 11 is 9.31. The molecule has 0 fully saturated rings. The molecule has 17 heavy (non-hydrogen) atoms. The number of hydrogen-bond donors (Lipinski definition) is 1. The minimum atomic E-state index is 0.697. The largest absolute Gasteiger partial charge is 0.340 e. The molecule has 1 aromatic heterocycles. The first kappa shape index (κ1) is 12.3. The van der Waals surface area contributed by atoms with Crippen molar-refractivity contribution >= 4 is 39.0 Å². The van der Waals surface area contributed by atoms with Gasteiger partial charge < -0.3 is 5.32 Å². The Bertz CT molecular complexity index is 537. The molecule has 0 spiro atoms. The van der Waals surface area contributed by atoms with E-state index >= 15 is 0 Å². The fourth-order valence-corrected chi connectivity index (χ4v) is 2.11. The van der Waals surface area contributed by atoms with Crippen LogP contribution < -0.4 is 5.32 Å². The number of nitrogens with one attached hydrogen (secondary N) is 1. The summed E-state index contributed by atoms with van der Waals surface area (Å²) in [6.07, 6.45) is 0. The molecule has 0 atom stereocenters. The lowest BCUT2D eigenvalue weighted by atomic mass is 10.2. The van der Waals surface area contributed by atoms with E-state index in [4.69, 9.17) is 11.6 Å². The monoisotopic (exact) mass is 311 g/mol. The van der Waals surface area contributed by atoms with Gasteiger partial charge in [-0.1, -0.05) is 17.7 Å². The zero-order chi connectivity index (χ0) is 12.4. The quantitative estimate of drug-likeness (QED) is 0.842. The molecule has 0 unspecified atom stereocenters. The predicted molar refractivity (Wildman–Crippen MR) is 73.9 cm³/mol. The highest BCUT2D eigenvalue weighted by atomic mass is 79.9. The van der Waals surface area contributed by atoms with Crippen molar-refractivity contribution in [3.63, 3.8) is 0 Å². The van der Waals surface area contributed by atoms with Crippen LogP contribution in [0.15, 0.2) is 28.9 Å². The van der Waals surface area contributed by atoms with Crippen molar-refractivity contribution in [2.45, 2.75) is 13.8 Å². The molecule has 0 aliphatic carbocycles. The summed E-state index contributed by atoms with van der Waals surface area (Å²) in [7, 11) is 0. The van der Waals surface area contributed by atoms with Gasteiger partial charge in [0, 0.05) is 16.8 Å². The average molecular weight is 313 g/mol. The van der Waals surface area contributed by atoms with Crippen LogP contribution in [0.25, 0.3) is 0 Å². The topological polar surface area (TPSA) is 37.8 Å². The number of aromatic nitrogens is 2. The maximum absolute atomic E-state index is 5.96. The highest BCUT2D eigenvalue weighted by molar-refractivity contribution is 9.10. The minimum absolute atomic E-state index is 0.697. The first-order valence-electron chi connectivity index (χ1n) is 5.09. The van der Waals surface area contributed by atoms with E-state index in [1.54, 1.807) is 0 Å². The molecule has 1 heterocycles. The molecule has 0 saturated carbocycles. The van der Waals surface area contributed by atoms with Crippen molar-refractivity contribution in [2.24, 2.45) is 0 Å². The van der Waals surface area contributed by atoms with Crippen LogP contribution in [0.4, 0.5) is 11.5 Å². The molecule has 1 aromatic carbocycles. The van der Waals surface area contributed by atoms with E-state index in [9.17, 15) is 0 Å². The van der Waals surface area contributed by atoms with E-state index in [0.717, 1.165) is 21.7 Å². The van der Waals surface area contributed by atoms with Crippen LogP contribution in [0.5, 0.6) is 0 Å². The highest BCUT2D eigenvalue weighted by Crippen LogP contribution is 2.24. The van der Waals surface area contributed by atoms with Crippen LogP contribution in [0.1, 0.15) is 11.4 Å². The third kappa shape index (κ3) is 3.17. The van der Waals surface area contributed by atoms with Crippen molar-refractivity contribution < 1.29 is 0 Å². The summed E-state index contributed by atoms with van der Waals surface area (Å²) in [5.74, 6) is 1.45. The summed E-state index contributed by atoms with van der Waals surface area (Å²) in [5, 5.41) is 3.93. The van der Waals surface area contributed by atoms with Gasteiger partial charge >= 0.3 is 0 Å². The lowest BCUT2D eigenvalue weighted by Gasteiger charge is -2.09. The normalized spacial score (nSPS) is 10.4. The van der Waals surface area contributed by atoms with Crippen LogP contribution in [-0.2, 0) is 0 Å². The summed E-state index contributed by atoms with van der Waals surface area (Å²) in [6, 6.07) is 7.53. The molecule has 2 rings (SSSR count). The highest BCUT2D eigenvalue weighted by Gasteiger charge is 2.03. The Labute approximate surface area is 113 Å². The number of aryl methyl sites for hydroxylation is 2. The second-order valence-corrected chi connectivity index (χ2v) is 4.96. The van der Waals surface area contributed by atoms with Crippen LogP contribution in [0.2, 0.25) is 5.02 Å². The summed E-state index contributed by atoms with van der Waals surface area (Å²) in [5.41, 5.74) is 2.06. The number of nitrogens with zero attached hydrogens (tertiary/aromatic N) is 2. The molecular formula is C12H11BrClN3. The van der Waals surface area contributed by atoms with Gasteiger partial charge in [0.05, 0.1) is 0 Å². The number of halogens is 2. The second-order valence-electron chi connectivity index (χ2n) is 3.71. The first-order chi connectivity index (χ1) is 8.04. The smallest absolute Gasteiger partial charge is 0.135 e. The first-order valence-corrected chi connectivity index (χ1v) is 6.26. The minimum Gasteiger partial charge on any atom is -0.340 e. The van der Waals surface area contributed by atoms with Gasteiger partial charge in [0.15, 0.2) is 0 Å². The molecule has 0 aliphatic heterocycles. The van der Waals surface area contributed by atoms with E-state index in [0.29, 0.717) is 10.8 Å². The van der Waals surface area contributed by atoms with Gasteiger partial charge in [-0.15, -0.1) is 0 Å². The molecule has 0 amide bonds. The van der Waals surface area contributed by atoms with Gasteiger partial charge in [0.25, 0.3) is 0 Å². The van der Waals surface area contributed by atoms with E-state index < -0.39 is 0 Å². The maximum Gasteiger partial charge on any atom is 0.135 e. The van der Waals surface area contributed by atoms with Crippen LogP contribution >= 0.6 is 27.5 Å². The summed E-state index contributed by atoms with van der Waals surface area (Å²) in [6.45, 7) is 3.86. The third-order valence-electron chi connectivity index (χ3n) is 2.27. The van der Waals surface area contributed by atoms with Gasteiger partial charge in [-0.3, -0.25) is 0 Å². The number of rotatable bonds is 2. The van der Waals surface area contributed by atoms with E-state index in [2.05, 4.69) is 31.2 Å². The number of hydrogen-bond acceptors (Lipinski definition) is 3. The Balaban J connectivity index is 2.34. The molecule has 0 bridgehead atoms. The lowest BCUT2D eigenvalue weighted by molar-refractivity contribution is 1.04. The van der Waals surface area contributed by atoms with Gasteiger partial charge in [0.2, 0.25) is 0 Å². The van der Waals surface area contributed by atoms with E-state index in [1.807, 2.05) is 38.1 Å². The molecular weight excluding hydrogens is 302 g/mol. The van der Waals surface area contributed by atoms with Crippen molar-refractivity contribution in [3.8, 4) is 0 Å². The van der Waals surface area contributed by atoms with Gasteiger partial charge in [-0.2, -0.15) is 0 Å². The van der Waals surface area contributed by atoms with E-state index in [1.165, 1.54) is 0 Å². The standard InChI is InChI=1S/C12H11BrClN3/c1-7-3-4-9(14)5-10(7)17-12-6-11(13)15-8(2)16-12/h3-6H,1-2H3,(H,15,16,17). The predicted octanol–water partition coefficient (Wildman–Crippen LogP) is 4.25. The Morgan fingerprint density at radius 2 is 1.94 bits per heavy atom. The van der Waals surface area contributed by atoms with E-state index in [-0.39, 0.29) is 0 Å². The molecule has 3 nitrogen and oxygen atoms in total. The fraction of sp³-hybridized carbons (Fsp3) is 0.167. The van der Waals surface area contributed by atoms with Crippen LogP contribution in [-0.4, -0.2) is 9.97 Å². The van der Waals surface area contributed by atoms with Crippen molar-refractivity contribution in [1.29, 1.82) is 0 Å². The van der Waals surface area contributed by atoms with Gasteiger partial charge in [-0.05, 0) is 47.5 Å². The Morgan fingerprint density at radius 3 is 2.65 bits per heavy atom. The Morgan fingerprint density at radius 1 is 1.18 bits per heavy atom. The molecule has 5 heteroatoms. The van der Waals surface area contributed by atoms with Crippen LogP contribution in [0.3, 0.4) is 0 Å². The lowest BCUT2D eigenvalue weighted by Crippen LogP contribution is -1.98. The fourth-order valence-electron chi connectivity index (χ4n) is 1.46. The third-order valence-corrected chi connectivity index (χ3v) is 2.91. The zero-order valence-electron chi connectivity index (χ0n) is 9.46. The van der Waals surface area contributed by atoms with Crippen LogP contribution in [0, 0.1) is 13.8 Å². The molecule has 1 N–H and O–H groups in total. The average Bonchev–Trinajstić information content (AvgIpc) is 2.22. The van der Waals surface area contributed by atoms with Gasteiger partial charge in [-0.25, -0.2) is 9.97 Å². The maximum atomic E-state index is 5.96. The number of anilines is 2. The summed E-state index contributed by atoms with van der Waals surface area (Å²) < 4.78 is 0.757. The summed E-state index contributed by atoms with van der Waals surface area (Å²) in [4.78, 5) is 8.46. The SMILES string of the molecule is Cc1nc(Br)cc(Nc2cc(Cl)ccc2C)n1. The zero-order valence-corrected chi connectivity index (χ0v) is 11.8. The number of benzene rings is 1. The van der Waals surface area contributed by atoms with Gasteiger partial charge in [0.1, 0.15) is 16.2 Å². The molecule has 0 aliphatic rings. The molecule has 0 saturated heterocycles. The van der Waals surface area contributed by atoms with Crippen molar-refractivity contribution in [3.05, 3.63) is 45.3 Å². The van der Waals surface area contributed by atoms with Crippen molar-refractivity contribution in [1.82, 2.24) is 9.97 Å².